The molecule has 0 unspecified atom stereocenters. The lowest BCUT2D eigenvalue weighted by molar-refractivity contribution is -0.183. The van der Waals surface area contributed by atoms with Crippen molar-refractivity contribution in [3.05, 3.63) is 29.3 Å². The fraction of sp³-hybridized carbons (Fsp3) is 0.500. The highest BCUT2D eigenvalue weighted by Gasteiger charge is 2.13. The fourth-order valence-electron chi connectivity index (χ4n) is 1.53. The largest absolute Gasteiger partial charge is 0.493 e. The van der Waals surface area contributed by atoms with Crippen molar-refractivity contribution in [2.75, 3.05) is 19.8 Å². The molecule has 0 bridgehead atoms. The Hall–Kier alpha value is -0.770. The smallest absolute Gasteiger partial charge is 0.160 e. The molecule has 0 amide bonds. The minimum Gasteiger partial charge on any atom is -0.493 e. The number of rotatable bonds is 4. The van der Waals surface area contributed by atoms with E-state index < -0.39 is 0 Å². The van der Waals surface area contributed by atoms with Gasteiger partial charge in [0, 0.05) is 11.4 Å². The predicted molar refractivity (Wildman–Crippen MR) is 61.9 cm³/mol. The minimum absolute atomic E-state index is 0.118. The summed E-state index contributed by atoms with van der Waals surface area (Å²) in [5, 5.41) is 0.683. The van der Waals surface area contributed by atoms with Gasteiger partial charge in [-0.3, -0.25) is 0 Å². The highest BCUT2D eigenvalue weighted by atomic mass is 35.5. The van der Waals surface area contributed by atoms with Crippen LogP contribution in [0.4, 0.5) is 0 Å². The molecule has 0 N–H and O–H groups in total. The Morgan fingerprint density at radius 3 is 2.88 bits per heavy atom. The summed E-state index contributed by atoms with van der Waals surface area (Å²) < 4.78 is 16.4. The van der Waals surface area contributed by atoms with Crippen LogP contribution in [-0.4, -0.2) is 26.1 Å². The van der Waals surface area contributed by atoms with Gasteiger partial charge in [-0.05, 0) is 24.6 Å². The Morgan fingerprint density at radius 2 is 2.12 bits per heavy atom. The topological polar surface area (TPSA) is 27.7 Å². The first-order valence-electron chi connectivity index (χ1n) is 5.46. The van der Waals surface area contributed by atoms with E-state index in [9.17, 15) is 0 Å². The van der Waals surface area contributed by atoms with E-state index in [1.807, 2.05) is 18.2 Å². The van der Waals surface area contributed by atoms with Crippen LogP contribution in [0, 0.1) is 0 Å². The lowest BCUT2D eigenvalue weighted by Crippen LogP contribution is -2.26. The summed E-state index contributed by atoms with van der Waals surface area (Å²) in [6.45, 7) is 2.13. The van der Waals surface area contributed by atoms with Crippen LogP contribution in [0.1, 0.15) is 12.8 Å². The first-order valence-corrected chi connectivity index (χ1v) is 5.84. The van der Waals surface area contributed by atoms with Crippen molar-refractivity contribution in [1.29, 1.82) is 0 Å². The third kappa shape index (κ3) is 3.67. The first kappa shape index (κ1) is 11.7. The second kappa shape index (κ2) is 6.09. The van der Waals surface area contributed by atoms with Gasteiger partial charge < -0.3 is 14.2 Å². The molecule has 1 aliphatic rings. The molecular weight excluding hydrogens is 228 g/mol. The van der Waals surface area contributed by atoms with E-state index in [2.05, 4.69) is 0 Å². The predicted octanol–water partition coefficient (Wildman–Crippen LogP) is 2.87. The molecule has 0 saturated carbocycles. The van der Waals surface area contributed by atoms with E-state index in [1.54, 1.807) is 6.07 Å². The third-order valence-electron chi connectivity index (χ3n) is 2.31. The summed E-state index contributed by atoms with van der Waals surface area (Å²) in [4.78, 5) is 0. The van der Waals surface area contributed by atoms with E-state index in [-0.39, 0.29) is 6.29 Å². The van der Waals surface area contributed by atoms with Gasteiger partial charge in [-0.25, -0.2) is 0 Å². The number of benzene rings is 1. The van der Waals surface area contributed by atoms with E-state index in [1.165, 1.54) is 0 Å². The number of hydrogen-bond donors (Lipinski definition) is 0. The fourth-order valence-corrected chi connectivity index (χ4v) is 1.71. The Kier molecular flexibility index (Phi) is 4.45. The van der Waals surface area contributed by atoms with Crippen molar-refractivity contribution in [1.82, 2.24) is 0 Å². The summed E-state index contributed by atoms with van der Waals surface area (Å²) in [5.41, 5.74) is 0. The molecular formula is C12H15ClO3. The Morgan fingerprint density at radius 1 is 1.31 bits per heavy atom. The highest BCUT2D eigenvalue weighted by molar-refractivity contribution is 6.30. The number of ether oxygens (including phenoxy) is 3. The van der Waals surface area contributed by atoms with Gasteiger partial charge in [0.25, 0.3) is 0 Å². The van der Waals surface area contributed by atoms with Crippen molar-refractivity contribution < 1.29 is 14.2 Å². The van der Waals surface area contributed by atoms with Gasteiger partial charge in [0.2, 0.25) is 0 Å². The molecule has 1 aromatic rings. The van der Waals surface area contributed by atoms with E-state index in [0.29, 0.717) is 11.6 Å². The van der Waals surface area contributed by atoms with Gasteiger partial charge in [-0.15, -0.1) is 0 Å². The summed E-state index contributed by atoms with van der Waals surface area (Å²) in [6, 6.07) is 7.37. The molecule has 2 rings (SSSR count). The SMILES string of the molecule is Clc1cccc(OCCC2OCCCO2)c1. The maximum Gasteiger partial charge on any atom is 0.160 e. The van der Waals surface area contributed by atoms with Crippen molar-refractivity contribution in [2.24, 2.45) is 0 Å². The van der Waals surface area contributed by atoms with Crippen LogP contribution in [0.5, 0.6) is 5.75 Å². The molecule has 3 nitrogen and oxygen atoms in total. The third-order valence-corrected chi connectivity index (χ3v) is 2.55. The zero-order chi connectivity index (χ0) is 11.2. The lowest BCUT2D eigenvalue weighted by atomic mass is 10.3. The van der Waals surface area contributed by atoms with Crippen LogP contribution in [0.25, 0.3) is 0 Å². The Bertz CT molecular complexity index is 324. The monoisotopic (exact) mass is 242 g/mol. The quantitative estimate of drug-likeness (QED) is 0.813. The van der Waals surface area contributed by atoms with Crippen LogP contribution in [0.2, 0.25) is 5.02 Å². The normalized spacial score (nSPS) is 17.3. The minimum atomic E-state index is -0.118. The van der Waals surface area contributed by atoms with Gasteiger partial charge >= 0.3 is 0 Å². The maximum atomic E-state index is 5.84. The Labute approximate surface area is 100 Å². The second-order valence-electron chi connectivity index (χ2n) is 3.62. The molecule has 0 spiro atoms. The number of halogens is 1. The van der Waals surface area contributed by atoms with Crippen LogP contribution < -0.4 is 4.74 Å². The van der Waals surface area contributed by atoms with Crippen LogP contribution in [0.15, 0.2) is 24.3 Å². The number of hydrogen-bond acceptors (Lipinski definition) is 3. The van der Waals surface area contributed by atoms with Gasteiger partial charge in [0.05, 0.1) is 19.8 Å². The molecule has 1 heterocycles. The van der Waals surface area contributed by atoms with Gasteiger partial charge in [-0.2, -0.15) is 0 Å². The highest BCUT2D eigenvalue weighted by Crippen LogP contribution is 2.17. The average Bonchev–Trinajstić information content (AvgIpc) is 2.30. The van der Waals surface area contributed by atoms with Crippen molar-refractivity contribution in [3.8, 4) is 5.75 Å². The molecule has 88 valence electrons. The zero-order valence-corrected chi connectivity index (χ0v) is 9.78. The van der Waals surface area contributed by atoms with E-state index in [4.69, 9.17) is 25.8 Å². The molecule has 1 saturated heterocycles. The summed E-state index contributed by atoms with van der Waals surface area (Å²) in [6.07, 6.45) is 1.60. The summed E-state index contributed by atoms with van der Waals surface area (Å²) in [5.74, 6) is 0.781. The molecule has 0 aliphatic carbocycles. The van der Waals surface area contributed by atoms with Crippen molar-refractivity contribution in [3.63, 3.8) is 0 Å². The standard InChI is InChI=1S/C12H15ClO3/c13-10-3-1-4-11(9-10)14-8-5-12-15-6-2-7-16-12/h1,3-4,9,12H,2,5-8H2. The average molecular weight is 243 g/mol. The molecule has 0 atom stereocenters. The lowest BCUT2D eigenvalue weighted by Gasteiger charge is -2.23. The van der Waals surface area contributed by atoms with E-state index >= 15 is 0 Å². The van der Waals surface area contributed by atoms with Crippen LogP contribution in [-0.2, 0) is 9.47 Å². The zero-order valence-electron chi connectivity index (χ0n) is 9.02. The molecule has 1 fully saturated rings. The van der Waals surface area contributed by atoms with E-state index in [0.717, 1.165) is 31.8 Å². The maximum absolute atomic E-state index is 5.84. The van der Waals surface area contributed by atoms with Gasteiger partial charge in [0.1, 0.15) is 5.75 Å². The summed E-state index contributed by atoms with van der Waals surface area (Å²) >= 11 is 5.84. The molecule has 4 heteroatoms. The van der Waals surface area contributed by atoms with Crippen molar-refractivity contribution >= 4 is 11.6 Å². The first-order chi connectivity index (χ1) is 7.84. The molecule has 1 aromatic carbocycles. The second-order valence-corrected chi connectivity index (χ2v) is 4.06. The van der Waals surface area contributed by atoms with Crippen LogP contribution >= 0.6 is 11.6 Å². The molecule has 1 aliphatic heterocycles. The summed E-state index contributed by atoms with van der Waals surface area (Å²) in [7, 11) is 0. The van der Waals surface area contributed by atoms with Crippen molar-refractivity contribution in [2.45, 2.75) is 19.1 Å². The molecule has 0 aromatic heterocycles. The molecule has 0 radical (unpaired) electrons. The van der Waals surface area contributed by atoms with Gasteiger partial charge in [-0.1, -0.05) is 17.7 Å². The molecule has 16 heavy (non-hydrogen) atoms. The Balaban J connectivity index is 1.71. The van der Waals surface area contributed by atoms with Crippen LogP contribution in [0.3, 0.4) is 0 Å². The van der Waals surface area contributed by atoms with Gasteiger partial charge in [0.15, 0.2) is 6.29 Å².